The molecular formula is C16H14F2N2O7S2. The van der Waals surface area contributed by atoms with Crippen molar-refractivity contribution >= 4 is 38.0 Å². The predicted octanol–water partition coefficient (Wildman–Crippen LogP) is 1.71. The van der Waals surface area contributed by atoms with Crippen molar-refractivity contribution in [1.29, 1.82) is 0 Å². The van der Waals surface area contributed by atoms with Gasteiger partial charge in [-0.15, -0.1) is 20.1 Å². The van der Waals surface area contributed by atoms with E-state index in [-0.39, 0.29) is 10.6 Å². The number of para-hydroxylation sites is 1. The summed E-state index contributed by atoms with van der Waals surface area (Å²) in [6.45, 7) is 2.37. The highest BCUT2D eigenvalue weighted by molar-refractivity contribution is 7.93. The van der Waals surface area contributed by atoms with E-state index >= 15 is 0 Å². The zero-order chi connectivity index (χ0) is 21.8. The van der Waals surface area contributed by atoms with Gasteiger partial charge in [-0.1, -0.05) is 6.07 Å². The third-order valence-corrected chi connectivity index (χ3v) is 7.01. The molecule has 1 aliphatic heterocycles. The topological polar surface area (TPSA) is 145 Å². The van der Waals surface area contributed by atoms with Crippen LogP contribution in [0.25, 0.3) is 0 Å². The van der Waals surface area contributed by atoms with Gasteiger partial charge in [0.25, 0.3) is 11.8 Å². The Morgan fingerprint density at radius 2 is 1.93 bits per heavy atom. The third-order valence-electron chi connectivity index (χ3n) is 3.70. The second-order valence-corrected chi connectivity index (χ2v) is 9.64. The minimum atomic E-state index is -4.46. The van der Waals surface area contributed by atoms with E-state index in [1.165, 1.54) is 19.9 Å². The molecule has 4 N–H and O–H groups in total. The normalized spacial score (nSPS) is 15.2. The molecule has 2 heterocycles. The highest BCUT2D eigenvalue weighted by Gasteiger charge is 2.46. The Labute approximate surface area is 167 Å². The average molecular weight is 448 g/mol. The molecule has 0 atom stereocenters. The number of carbonyl (C=O) groups is 2. The molecule has 0 aliphatic carbocycles. The number of alkyl halides is 2. The first-order valence-corrected chi connectivity index (χ1v) is 10.1. The number of sulfone groups is 1. The lowest BCUT2D eigenvalue weighted by atomic mass is 10.1. The second kappa shape index (κ2) is 6.64. The van der Waals surface area contributed by atoms with E-state index in [0.29, 0.717) is 11.3 Å². The van der Waals surface area contributed by atoms with Gasteiger partial charge < -0.3 is 25.6 Å². The first kappa shape index (κ1) is 21.0. The van der Waals surface area contributed by atoms with Crippen LogP contribution in [0.1, 0.15) is 24.2 Å². The van der Waals surface area contributed by atoms with Crippen molar-refractivity contribution in [3.05, 3.63) is 29.8 Å². The quantitative estimate of drug-likeness (QED) is 0.631. The molecule has 0 saturated carbocycles. The molecule has 3 rings (SSSR count). The molecule has 156 valence electrons. The fraction of sp³-hybridized carbons (Fsp3) is 0.250. The summed E-state index contributed by atoms with van der Waals surface area (Å²) in [6, 6.07) is 4.21. The molecule has 1 aliphatic rings. The van der Waals surface area contributed by atoms with Crippen molar-refractivity contribution in [3.63, 3.8) is 0 Å². The van der Waals surface area contributed by atoms with Crippen molar-refractivity contribution in [2.45, 2.75) is 34.8 Å². The number of thiophene rings is 1. The van der Waals surface area contributed by atoms with Gasteiger partial charge in [-0.3, -0.25) is 9.59 Å². The van der Waals surface area contributed by atoms with Crippen LogP contribution in [-0.2, 0) is 14.6 Å². The molecule has 2 amide bonds. The van der Waals surface area contributed by atoms with Gasteiger partial charge in [0, 0.05) is 0 Å². The van der Waals surface area contributed by atoms with E-state index in [2.05, 4.69) is 14.8 Å². The maximum atomic E-state index is 13.4. The van der Waals surface area contributed by atoms with Gasteiger partial charge in [-0.25, -0.2) is 8.42 Å². The highest BCUT2D eigenvalue weighted by atomic mass is 32.2. The molecule has 0 spiro atoms. The number of benzene rings is 1. The number of anilines is 1. The largest absolute Gasteiger partial charge is 0.586 e. The van der Waals surface area contributed by atoms with Crippen LogP contribution in [0.5, 0.6) is 11.5 Å². The number of hydrogen-bond donors (Lipinski definition) is 3. The summed E-state index contributed by atoms with van der Waals surface area (Å²) in [5.74, 6) is -3.12. The lowest BCUT2D eigenvalue weighted by Gasteiger charge is -2.16. The number of fused-ring (bicyclic) bond motifs is 1. The Balaban J connectivity index is 2.08. The van der Waals surface area contributed by atoms with E-state index in [4.69, 9.17) is 5.73 Å². The molecular weight excluding hydrogens is 434 g/mol. The van der Waals surface area contributed by atoms with Crippen LogP contribution in [0.3, 0.4) is 0 Å². The van der Waals surface area contributed by atoms with Crippen molar-refractivity contribution in [3.8, 4) is 11.5 Å². The standard InChI is InChI=1S/C16H14F2N2O7S2/c1-15(2,23)14(22)20-13-7(12(19)21)6-10(28-13)29(24,25)9-5-3-4-8-11(9)27-16(17,18)26-8/h3-6,23H,1-2H3,(H2,19,21)(H,20,22). The van der Waals surface area contributed by atoms with E-state index in [1.807, 2.05) is 0 Å². The number of primary amides is 1. The minimum Gasteiger partial charge on any atom is -0.395 e. The Bertz CT molecular complexity index is 1120. The number of rotatable bonds is 5. The van der Waals surface area contributed by atoms with Gasteiger partial charge in [-0.05, 0) is 32.0 Å². The summed E-state index contributed by atoms with van der Waals surface area (Å²) >= 11 is 0.464. The summed E-state index contributed by atoms with van der Waals surface area (Å²) in [6.07, 6.45) is -4.03. The van der Waals surface area contributed by atoms with Crippen molar-refractivity contribution in [2.24, 2.45) is 5.73 Å². The highest BCUT2D eigenvalue weighted by Crippen LogP contribution is 2.47. The van der Waals surface area contributed by atoms with Gasteiger partial charge in [-0.2, -0.15) is 0 Å². The van der Waals surface area contributed by atoms with Gasteiger partial charge in [0.2, 0.25) is 9.84 Å². The lowest BCUT2D eigenvalue weighted by Crippen LogP contribution is -2.36. The fourth-order valence-electron chi connectivity index (χ4n) is 2.30. The van der Waals surface area contributed by atoms with Crippen LogP contribution in [-0.4, -0.2) is 37.2 Å². The number of ether oxygens (including phenoxy) is 2. The zero-order valence-corrected chi connectivity index (χ0v) is 16.5. The van der Waals surface area contributed by atoms with E-state index < -0.39 is 54.2 Å². The molecule has 1 aromatic heterocycles. The first-order valence-electron chi connectivity index (χ1n) is 7.84. The maximum absolute atomic E-state index is 13.4. The monoisotopic (exact) mass is 448 g/mol. The van der Waals surface area contributed by atoms with Crippen LogP contribution in [0.15, 0.2) is 33.4 Å². The summed E-state index contributed by atoms with van der Waals surface area (Å²) < 4.78 is 60.8. The molecule has 0 radical (unpaired) electrons. The number of halogens is 2. The molecule has 13 heteroatoms. The van der Waals surface area contributed by atoms with Gasteiger partial charge in [0.1, 0.15) is 19.7 Å². The van der Waals surface area contributed by atoms with E-state index in [1.54, 1.807) is 0 Å². The maximum Gasteiger partial charge on any atom is 0.586 e. The average Bonchev–Trinajstić information content (AvgIpc) is 3.12. The summed E-state index contributed by atoms with van der Waals surface area (Å²) in [4.78, 5) is 23.0. The Kier molecular flexibility index (Phi) is 4.80. The molecule has 9 nitrogen and oxygen atoms in total. The van der Waals surface area contributed by atoms with Gasteiger partial charge in [0.05, 0.1) is 5.56 Å². The summed E-state index contributed by atoms with van der Waals surface area (Å²) in [7, 11) is -4.46. The molecule has 1 aromatic carbocycles. The van der Waals surface area contributed by atoms with Crippen molar-refractivity contribution < 1.29 is 41.4 Å². The SMILES string of the molecule is CC(C)(O)C(=O)Nc1sc(S(=O)(=O)c2cccc3c2OC(F)(F)O3)cc1C(N)=O. The molecule has 0 saturated heterocycles. The van der Waals surface area contributed by atoms with Gasteiger partial charge in [0.15, 0.2) is 11.5 Å². The fourth-order valence-corrected chi connectivity index (χ4v) is 5.18. The molecule has 0 fully saturated rings. The predicted molar refractivity (Wildman–Crippen MR) is 95.9 cm³/mol. The smallest absolute Gasteiger partial charge is 0.395 e. The lowest BCUT2D eigenvalue weighted by molar-refractivity contribution is -0.287. The molecule has 0 bridgehead atoms. The van der Waals surface area contributed by atoms with Crippen LogP contribution >= 0.6 is 11.3 Å². The number of amides is 2. The van der Waals surface area contributed by atoms with Gasteiger partial charge >= 0.3 is 6.29 Å². The Morgan fingerprint density at radius 1 is 1.28 bits per heavy atom. The number of nitrogens with one attached hydrogen (secondary N) is 1. The number of nitrogens with two attached hydrogens (primary N) is 1. The van der Waals surface area contributed by atoms with E-state index in [9.17, 15) is 31.9 Å². The van der Waals surface area contributed by atoms with Crippen LogP contribution in [0, 0.1) is 0 Å². The zero-order valence-electron chi connectivity index (χ0n) is 14.9. The first-order chi connectivity index (χ1) is 13.2. The second-order valence-electron chi connectivity index (χ2n) is 6.44. The molecule has 2 aromatic rings. The summed E-state index contributed by atoms with van der Waals surface area (Å²) in [5.41, 5.74) is 3.08. The molecule has 29 heavy (non-hydrogen) atoms. The third kappa shape index (κ3) is 3.88. The number of carbonyl (C=O) groups excluding carboxylic acids is 2. The van der Waals surface area contributed by atoms with Crippen LogP contribution in [0.2, 0.25) is 0 Å². The van der Waals surface area contributed by atoms with E-state index in [0.717, 1.165) is 18.2 Å². The van der Waals surface area contributed by atoms with Crippen LogP contribution < -0.4 is 20.5 Å². The summed E-state index contributed by atoms with van der Waals surface area (Å²) in [5, 5.41) is 11.7. The Hall–Kier alpha value is -2.77. The van der Waals surface area contributed by atoms with Crippen molar-refractivity contribution in [1.82, 2.24) is 0 Å². The number of aliphatic hydroxyl groups is 1. The van der Waals surface area contributed by atoms with Crippen molar-refractivity contribution in [2.75, 3.05) is 5.32 Å². The van der Waals surface area contributed by atoms with Crippen LogP contribution in [0.4, 0.5) is 13.8 Å². The molecule has 0 unspecified atom stereocenters. The Morgan fingerprint density at radius 3 is 2.52 bits per heavy atom. The minimum absolute atomic E-state index is 0.224. The number of hydrogen-bond acceptors (Lipinski definition) is 8.